The highest BCUT2D eigenvalue weighted by atomic mass is 35.5. The van der Waals surface area contributed by atoms with Gasteiger partial charge in [-0.3, -0.25) is 10.4 Å². The number of hydrogen-bond acceptors (Lipinski definition) is 4. The molecule has 3 rings (SSSR count). The molecule has 0 fully saturated rings. The Kier molecular flexibility index (Phi) is 6.12. The summed E-state index contributed by atoms with van der Waals surface area (Å²) in [5.74, 6) is 0. The van der Waals surface area contributed by atoms with Crippen LogP contribution in [-0.4, -0.2) is 23.8 Å². The lowest BCUT2D eigenvalue weighted by Gasteiger charge is -2.28. The predicted octanol–water partition coefficient (Wildman–Crippen LogP) is 5.55. The Hall–Kier alpha value is -2.22. The number of halogens is 5. The molecule has 2 atom stereocenters. The molecule has 0 aromatic heterocycles. The summed E-state index contributed by atoms with van der Waals surface area (Å²) in [7, 11) is 0. The molecule has 0 aliphatic carbocycles. The SMILES string of the molecule is CCC1N=CNN1c1ccc(C=CC(O)(c2cc(Cl)cc(Cl)c2)C(F)(F)F)cc1. The van der Waals surface area contributed by atoms with Gasteiger partial charge in [-0.15, -0.1) is 0 Å². The van der Waals surface area contributed by atoms with Crippen LogP contribution in [0, 0.1) is 0 Å². The molecule has 1 aliphatic rings. The summed E-state index contributed by atoms with van der Waals surface area (Å²) < 4.78 is 41.1. The fraction of sp³-hybridized carbons (Fsp3) is 0.250. The van der Waals surface area contributed by atoms with Crippen molar-refractivity contribution in [3.05, 3.63) is 69.7 Å². The standard InChI is InChI=1S/C20H18Cl2F3N3O/c1-2-18-26-12-27-28(18)17-5-3-13(4-6-17)7-8-19(29,20(23,24)25)14-9-15(21)11-16(22)10-14/h3-12,18,29H,2H2,1H3,(H,26,27). The highest BCUT2D eigenvalue weighted by Crippen LogP contribution is 2.42. The van der Waals surface area contributed by atoms with Crippen molar-refractivity contribution < 1.29 is 18.3 Å². The van der Waals surface area contributed by atoms with Gasteiger partial charge in [-0.1, -0.05) is 48.3 Å². The number of anilines is 1. The summed E-state index contributed by atoms with van der Waals surface area (Å²) in [5, 5.41) is 12.3. The molecule has 0 saturated carbocycles. The van der Waals surface area contributed by atoms with Crippen LogP contribution in [0.1, 0.15) is 24.5 Å². The Morgan fingerprint density at radius 1 is 1.14 bits per heavy atom. The average Bonchev–Trinajstić information content (AvgIpc) is 3.13. The van der Waals surface area contributed by atoms with Crippen LogP contribution in [0.4, 0.5) is 18.9 Å². The Balaban J connectivity index is 1.88. The van der Waals surface area contributed by atoms with Crippen LogP contribution < -0.4 is 10.4 Å². The molecule has 29 heavy (non-hydrogen) atoms. The number of nitrogens with zero attached hydrogens (tertiary/aromatic N) is 2. The van der Waals surface area contributed by atoms with E-state index in [2.05, 4.69) is 10.4 Å². The second-order valence-corrected chi connectivity index (χ2v) is 7.39. The highest BCUT2D eigenvalue weighted by Gasteiger charge is 2.53. The van der Waals surface area contributed by atoms with Gasteiger partial charge in [0.05, 0.1) is 5.69 Å². The van der Waals surface area contributed by atoms with E-state index in [1.54, 1.807) is 30.6 Å². The first-order valence-electron chi connectivity index (χ1n) is 8.76. The molecule has 1 aliphatic heterocycles. The number of rotatable bonds is 5. The molecule has 4 nitrogen and oxygen atoms in total. The zero-order chi connectivity index (χ0) is 21.2. The van der Waals surface area contributed by atoms with Crippen molar-refractivity contribution in [3.63, 3.8) is 0 Å². The fourth-order valence-electron chi connectivity index (χ4n) is 2.96. The lowest BCUT2D eigenvalue weighted by atomic mass is 9.92. The summed E-state index contributed by atoms with van der Waals surface area (Å²) in [6.07, 6.45) is -0.719. The number of nitrogens with one attached hydrogen (secondary N) is 1. The molecular weight excluding hydrogens is 426 g/mol. The number of aliphatic hydroxyl groups is 1. The van der Waals surface area contributed by atoms with E-state index < -0.39 is 17.3 Å². The van der Waals surface area contributed by atoms with Crippen molar-refractivity contribution in [2.45, 2.75) is 31.3 Å². The molecule has 0 saturated heterocycles. The summed E-state index contributed by atoms with van der Waals surface area (Å²) >= 11 is 11.6. The third kappa shape index (κ3) is 4.52. The molecule has 2 aromatic rings. The minimum atomic E-state index is -4.97. The Bertz CT molecular complexity index is 911. The Morgan fingerprint density at radius 2 is 1.76 bits per heavy atom. The van der Waals surface area contributed by atoms with Gasteiger partial charge >= 0.3 is 6.18 Å². The third-order valence-electron chi connectivity index (χ3n) is 4.53. The summed E-state index contributed by atoms with van der Waals surface area (Å²) in [6, 6.07) is 10.2. The molecule has 2 aromatic carbocycles. The van der Waals surface area contributed by atoms with Crippen molar-refractivity contribution in [1.82, 2.24) is 5.43 Å². The second kappa shape index (κ2) is 8.26. The second-order valence-electron chi connectivity index (χ2n) is 6.51. The van der Waals surface area contributed by atoms with Gasteiger partial charge in [0, 0.05) is 10.0 Å². The minimum Gasteiger partial charge on any atom is -0.373 e. The Labute approximate surface area is 176 Å². The smallest absolute Gasteiger partial charge is 0.373 e. The van der Waals surface area contributed by atoms with Gasteiger partial charge in [0.2, 0.25) is 5.60 Å². The van der Waals surface area contributed by atoms with Crippen molar-refractivity contribution in [2.75, 3.05) is 5.01 Å². The zero-order valence-corrected chi connectivity index (χ0v) is 16.8. The predicted molar refractivity (Wildman–Crippen MR) is 110 cm³/mol. The van der Waals surface area contributed by atoms with Crippen LogP contribution in [0.25, 0.3) is 6.08 Å². The van der Waals surface area contributed by atoms with E-state index in [9.17, 15) is 18.3 Å². The first kappa shape index (κ1) is 21.5. The van der Waals surface area contributed by atoms with Gasteiger partial charge in [-0.05, 0) is 54.0 Å². The first-order valence-corrected chi connectivity index (χ1v) is 9.51. The number of alkyl halides is 3. The maximum Gasteiger partial charge on any atom is 0.425 e. The molecule has 154 valence electrons. The van der Waals surface area contributed by atoms with E-state index in [0.29, 0.717) is 11.6 Å². The van der Waals surface area contributed by atoms with E-state index in [1.165, 1.54) is 12.1 Å². The van der Waals surface area contributed by atoms with Gasteiger partial charge < -0.3 is 5.11 Å². The molecule has 0 bridgehead atoms. The highest BCUT2D eigenvalue weighted by molar-refractivity contribution is 6.34. The number of hydrogen-bond donors (Lipinski definition) is 2. The van der Waals surface area contributed by atoms with E-state index in [-0.39, 0.29) is 16.2 Å². The van der Waals surface area contributed by atoms with Crippen LogP contribution in [0.3, 0.4) is 0 Å². The van der Waals surface area contributed by atoms with E-state index in [4.69, 9.17) is 23.2 Å². The third-order valence-corrected chi connectivity index (χ3v) is 4.97. The topological polar surface area (TPSA) is 47.9 Å². The maximum absolute atomic E-state index is 13.7. The number of benzene rings is 2. The van der Waals surface area contributed by atoms with Crippen LogP contribution in [-0.2, 0) is 5.60 Å². The lowest BCUT2D eigenvalue weighted by molar-refractivity contribution is -0.244. The van der Waals surface area contributed by atoms with E-state index in [0.717, 1.165) is 24.2 Å². The van der Waals surface area contributed by atoms with Gasteiger partial charge in [0.15, 0.2) is 0 Å². The zero-order valence-electron chi connectivity index (χ0n) is 15.3. The molecule has 0 radical (unpaired) electrons. The largest absolute Gasteiger partial charge is 0.425 e. The summed E-state index contributed by atoms with van der Waals surface area (Å²) in [5.41, 5.74) is 0.617. The number of aliphatic imine (C=N–C) groups is 1. The van der Waals surface area contributed by atoms with Crippen LogP contribution in [0.5, 0.6) is 0 Å². The molecular formula is C20H18Cl2F3N3O. The van der Waals surface area contributed by atoms with Gasteiger partial charge in [0.1, 0.15) is 12.5 Å². The lowest BCUT2D eigenvalue weighted by Crippen LogP contribution is -2.40. The van der Waals surface area contributed by atoms with Crippen molar-refractivity contribution in [1.29, 1.82) is 0 Å². The van der Waals surface area contributed by atoms with Gasteiger partial charge in [-0.25, -0.2) is 4.99 Å². The van der Waals surface area contributed by atoms with Crippen LogP contribution >= 0.6 is 23.2 Å². The minimum absolute atomic E-state index is 0.00117. The fourth-order valence-corrected chi connectivity index (χ4v) is 3.49. The molecule has 2 unspecified atom stereocenters. The molecule has 9 heteroatoms. The summed E-state index contributed by atoms with van der Waals surface area (Å²) in [6.45, 7) is 2.00. The van der Waals surface area contributed by atoms with Crippen molar-refractivity contribution >= 4 is 41.3 Å². The van der Waals surface area contributed by atoms with Crippen molar-refractivity contribution in [2.24, 2.45) is 4.99 Å². The summed E-state index contributed by atoms with van der Waals surface area (Å²) in [4.78, 5) is 4.27. The molecule has 1 heterocycles. The van der Waals surface area contributed by atoms with E-state index in [1.807, 2.05) is 11.9 Å². The van der Waals surface area contributed by atoms with Crippen LogP contribution in [0.2, 0.25) is 10.0 Å². The average molecular weight is 444 g/mol. The Morgan fingerprint density at radius 3 is 2.31 bits per heavy atom. The maximum atomic E-state index is 13.7. The van der Waals surface area contributed by atoms with Gasteiger partial charge in [-0.2, -0.15) is 13.2 Å². The molecule has 0 amide bonds. The number of hydrazine groups is 1. The van der Waals surface area contributed by atoms with Crippen LogP contribution in [0.15, 0.2) is 53.5 Å². The molecule has 0 spiro atoms. The monoisotopic (exact) mass is 443 g/mol. The molecule has 2 N–H and O–H groups in total. The first-order chi connectivity index (χ1) is 13.6. The van der Waals surface area contributed by atoms with Crippen molar-refractivity contribution in [3.8, 4) is 0 Å². The quantitative estimate of drug-likeness (QED) is 0.636. The van der Waals surface area contributed by atoms with Gasteiger partial charge in [0.25, 0.3) is 0 Å². The normalized spacial score (nSPS) is 18.9. The van der Waals surface area contributed by atoms with E-state index >= 15 is 0 Å².